The second-order valence-electron chi connectivity index (χ2n) is 6.44. The molecule has 0 fully saturated rings. The third-order valence-electron chi connectivity index (χ3n) is 4.52. The Morgan fingerprint density at radius 3 is 2.65 bits per heavy atom. The van der Waals surface area contributed by atoms with Crippen LogP contribution in [-0.2, 0) is 7.05 Å². The predicted octanol–water partition coefficient (Wildman–Crippen LogP) is 2.60. The van der Waals surface area contributed by atoms with Gasteiger partial charge in [-0.15, -0.1) is 0 Å². The van der Waals surface area contributed by atoms with Crippen molar-refractivity contribution in [2.24, 2.45) is 12.1 Å². The largest absolute Gasteiger partial charge is 0.373 e. The molecule has 132 valence electrons. The lowest BCUT2D eigenvalue weighted by Gasteiger charge is -2.14. The molecule has 1 aromatic carbocycles. The molecule has 1 aliphatic heterocycles. The smallest absolute Gasteiger partial charge is 0.161 e. The van der Waals surface area contributed by atoms with E-state index in [-0.39, 0.29) is 5.92 Å². The molecule has 26 heavy (non-hydrogen) atoms. The molecular formula is C19H21N7. The van der Waals surface area contributed by atoms with Crippen molar-refractivity contribution in [2.45, 2.75) is 5.92 Å². The number of aromatic nitrogens is 4. The van der Waals surface area contributed by atoms with Crippen LogP contribution < -0.4 is 5.32 Å². The van der Waals surface area contributed by atoms with Crippen LogP contribution in [0.4, 0.5) is 5.82 Å². The summed E-state index contributed by atoms with van der Waals surface area (Å²) in [6.07, 6.45) is 7.71. The van der Waals surface area contributed by atoms with Crippen molar-refractivity contribution in [3.05, 3.63) is 48.4 Å². The zero-order chi connectivity index (χ0) is 18.1. The Balaban J connectivity index is 1.69. The maximum absolute atomic E-state index is 4.75. The van der Waals surface area contributed by atoms with Gasteiger partial charge in [-0.05, 0) is 11.6 Å². The molecule has 0 saturated heterocycles. The van der Waals surface area contributed by atoms with E-state index in [0.717, 1.165) is 34.6 Å². The van der Waals surface area contributed by atoms with E-state index in [1.165, 1.54) is 0 Å². The summed E-state index contributed by atoms with van der Waals surface area (Å²) < 4.78 is 1.80. The number of nitrogens with zero attached hydrogens (tertiary/aromatic N) is 6. The Hall–Kier alpha value is -3.22. The highest BCUT2D eigenvalue weighted by Gasteiger charge is 2.21. The monoisotopic (exact) mass is 347 g/mol. The van der Waals surface area contributed by atoms with E-state index in [9.17, 15) is 0 Å². The van der Waals surface area contributed by atoms with E-state index in [0.29, 0.717) is 5.82 Å². The quantitative estimate of drug-likeness (QED) is 0.785. The van der Waals surface area contributed by atoms with Gasteiger partial charge in [-0.2, -0.15) is 10.2 Å². The van der Waals surface area contributed by atoms with Gasteiger partial charge in [0.15, 0.2) is 5.82 Å². The third kappa shape index (κ3) is 3.03. The molecule has 2 aromatic heterocycles. The van der Waals surface area contributed by atoms with Crippen molar-refractivity contribution in [3.63, 3.8) is 0 Å². The molecule has 0 bridgehead atoms. The Morgan fingerprint density at radius 1 is 1.12 bits per heavy atom. The number of anilines is 1. The molecule has 1 N–H and O–H groups in total. The zero-order valence-corrected chi connectivity index (χ0v) is 15.1. The van der Waals surface area contributed by atoms with E-state index in [2.05, 4.69) is 32.6 Å². The summed E-state index contributed by atoms with van der Waals surface area (Å²) in [7, 11) is 5.77. The lowest BCUT2D eigenvalue weighted by Crippen LogP contribution is -2.14. The second kappa shape index (κ2) is 6.59. The number of benzene rings is 1. The van der Waals surface area contributed by atoms with E-state index in [1.54, 1.807) is 4.68 Å². The van der Waals surface area contributed by atoms with E-state index in [1.807, 2.05) is 63.1 Å². The highest BCUT2D eigenvalue weighted by molar-refractivity contribution is 5.74. The van der Waals surface area contributed by atoms with E-state index in [4.69, 9.17) is 4.98 Å². The van der Waals surface area contributed by atoms with Crippen LogP contribution >= 0.6 is 0 Å². The first-order valence-electron chi connectivity index (χ1n) is 8.53. The lowest BCUT2D eigenvalue weighted by atomic mass is 10.0. The van der Waals surface area contributed by atoms with Gasteiger partial charge in [0.05, 0.1) is 6.20 Å². The van der Waals surface area contributed by atoms with Crippen molar-refractivity contribution >= 4 is 12.0 Å². The van der Waals surface area contributed by atoms with Crippen LogP contribution in [0.15, 0.2) is 48.0 Å². The summed E-state index contributed by atoms with van der Waals surface area (Å²) >= 11 is 0. The summed E-state index contributed by atoms with van der Waals surface area (Å²) in [4.78, 5) is 9.36. The summed E-state index contributed by atoms with van der Waals surface area (Å²) in [6.45, 7) is 0.841. The SMILES string of the molecule is CNc1nc(-c2cccc(-c3cnn(C)c3)c2)ncc1C1C=NN(C)C1. The van der Waals surface area contributed by atoms with Crippen molar-refractivity contribution in [2.75, 3.05) is 26.0 Å². The van der Waals surface area contributed by atoms with Gasteiger partial charge in [-0.25, -0.2) is 9.97 Å². The van der Waals surface area contributed by atoms with Crippen molar-refractivity contribution in [3.8, 4) is 22.5 Å². The molecule has 4 rings (SSSR count). The van der Waals surface area contributed by atoms with Gasteiger partial charge in [0.25, 0.3) is 0 Å². The van der Waals surface area contributed by atoms with Crippen LogP contribution in [0.1, 0.15) is 11.5 Å². The number of aryl methyl sites for hydroxylation is 1. The summed E-state index contributed by atoms with van der Waals surface area (Å²) in [5, 5.41) is 13.7. The maximum Gasteiger partial charge on any atom is 0.161 e. The minimum absolute atomic E-state index is 0.207. The topological polar surface area (TPSA) is 71.2 Å². The highest BCUT2D eigenvalue weighted by Crippen LogP contribution is 2.28. The molecule has 7 nitrogen and oxygen atoms in total. The fourth-order valence-electron chi connectivity index (χ4n) is 3.16. The Labute approximate surface area is 152 Å². The van der Waals surface area contributed by atoms with Gasteiger partial charge < -0.3 is 5.32 Å². The van der Waals surface area contributed by atoms with E-state index >= 15 is 0 Å². The van der Waals surface area contributed by atoms with E-state index < -0.39 is 0 Å². The molecular weight excluding hydrogens is 326 g/mol. The minimum atomic E-state index is 0.207. The van der Waals surface area contributed by atoms with Gasteiger partial charge in [-0.3, -0.25) is 9.69 Å². The fourth-order valence-corrected chi connectivity index (χ4v) is 3.16. The predicted molar refractivity (Wildman–Crippen MR) is 103 cm³/mol. The normalized spacial score (nSPS) is 16.3. The van der Waals surface area contributed by atoms with Crippen molar-refractivity contribution < 1.29 is 0 Å². The van der Waals surface area contributed by atoms with Crippen LogP contribution in [0.3, 0.4) is 0 Å². The Kier molecular flexibility index (Phi) is 4.12. The molecule has 0 saturated carbocycles. The average Bonchev–Trinajstić information content (AvgIpc) is 3.29. The van der Waals surface area contributed by atoms with Gasteiger partial charge in [0, 0.05) is 68.9 Å². The maximum atomic E-state index is 4.75. The lowest BCUT2D eigenvalue weighted by molar-refractivity contribution is 0.381. The number of likely N-dealkylation sites (N-methyl/N-ethyl adjacent to an activating group) is 1. The number of nitrogens with one attached hydrogen (secondary N) is 1. The fraction of sp³-hybridized carbons (Fsp3) is 0.263. The van der Waals surface area contributed by atoms with Gasteiger partial charge in [-0.1, -0.05) is 18.2 Å². The van der Waals surface area contributed by atoms with Crippen LogP contribution in [0, 0.1) is 0 Å². The van der Waals surface area contributed by atoms with Crippen LogP contribution in [0.2, 0.25) is 0 Å². The Bertz CT molecular complexity index is 960. The molecule has 7 heteroatoms. The first kappa shape index (κ1) is 16.3. The molecule has 0 amide bonds. The average molecular weight is 347 g/mol. The van der Waals surface area contributed by atoms with Gasteiger partial charge in [0.1, 0.15) is 5.82 Å². The molecule has 3 aromatic rings. The molecule has 0 radical (unpaired) electrons. The molecule has 0 spiro atoms. The Morgan fingerprint density at radius 2 is 1.96 bits per heavy atom. The molecule has 1 atom stereocenters. The van der Waals surface area contributed by atoms with Gasteiger partial charge in [0.2, 0.25) is 0 Å². The van der Waals surface area contributed by atoms with Crippen LogP contribution in [-0.4, -0.2) is 51.6 Å². The summed E-state index contributed by atoms with van der Waals surface area (Å²) in [5.74, 6) is 1.75. The zero-order valence-electron chi connectivity index (χ0n) is 15.1. The minimum Gasteiger partial charge on any atom is -0.373 e. The number of hydrogen-bond acceptors (Lipinski definition) is 6. The van der Waals surface area contributed by atoms with Gasteiger partial charge >= 0.3 is 0 Å². The standard InChI is InChI=1S/C19H21N7/c1-20-19-17(16-9-23-26(3)12-16)10-21-18(24-19)14-6-4-5-13(7-14)15-8-22-25(2)11-15/h4-11,16H,12H2,1-3H3,(H,20,21,24). The molecule has 1 aliphatic rings. The number of rotatable bonds is 4. The first-order chi connectivity index (χ1) is 12.6. The van der Waals surface area contributed by atoms with Crippen LogP contribution in [0.5, 0.6) is 0 Å². The second-order valence-corrected chi connectivity index (χ2v) is 6.44. The first-order valence-corrected chi connectivity index (χ1v) is 8.53. The van der Waals surface area contributed by atoms with Crippen molar-refractivity contribution in [1.29, 1.82) is 0 Å². The summed E-state index contributed by atoms with van der Waals surface area (Å²) in [6, 6.07) is 8.21. The molecule has 1 unspecified atom stereocenters. The van der Waals surface area contributed by atoms with Crippen molar-refractivity contribution in [1.82, 2.24) is 24.8 Å². The summed E-state index contributed by atoms with van der Waals surface area (Å²) in [5.41, 5.74) is 4.21. The third-order valence-corrected chi connectivity index (χ3v) is 4.52. The molecule has 0 aliphatic carbocycles. The number of hydrogen-bond donors (Lipinski definition) is 1. The molecule has 3 heterocycles. The van der Waals surface area contributed by atoms with Crippen LogP contribution in [0.25, 0.3) is 22.5 Å². The number of hydrazone groups is 1. The highest BCUT2D eigenvalue weighted by atomic mass is 15.4.